The summed E-state index contributed by atoms with van der Waals surface area (Å²) in [6.45, 7) is 2.40. The maximum Gasteiger partial charge on any atom is 0.221 e. The summed E-state index contributed by atoms with van der Waals surface area (Å²) in [7, 11) is 0. The first-order chi connectivity index (χ1) is 12.6. The van der Waals surface area contributed by atoms with Crippen LogP contribution in [0.5, 0.6) is 0 Å². The van der Waals surface area contributed by atoms with Crippen molar-refractivity contribution in [2.75, 3.05) is 0 Å². The van der Waals surface area contributed by atoms with E-state index in [0.717, 1.165) is 16.7 Å². The lowest BCUT2D eigenvalue weighted by Crippen LogP contribution is -2.25. The zero-order valence-electron chi connectivity index (χ0n) is 14.7. The normalized spacial score (nSPS) is 11.8. The fourth-order valence-corrected chi connectivity index (χ4v) is 3.00. The van der Waals surface area contributed by atoms with Crippen molar-refractivity contribution in [2.45, 2.75) is 25.8 Å². The van der Waals surface area contributed by atoms with Gasteiger partial charge in [-0.25, -0.2) is 4.39 Å². The van der Waals surface area contributed by atoms with Crippen molar-refractivity contribution in [3.63, 3.8) is 0 Å². The highest BCUT2D eigenvalue weighted by atomic mass is 19.1. The first-order valence-electron chi connectivity index (χ1n) is 8.60. The predicted octanol–water partition coefficient (Wildman–Crippen LogP) is 4.37. The zero-order valence-corrected chi connectivity index (χ0v) is 14.7. The molecule has 0 aliphatic heterocycles. The second-order valence-corrected chi connectivity index (χ2v) is 6.27. The molecule has 132 valence electrons. The van der Waals surface area contributed by atoms with Crippen molar-refractivity contribution < 1.29 is 9.18 Å². The van der Waals surface area contributed by atoms with E-state index >= 15 is 0 Å². The minimum absolute atomic E-state index is 0.113. The van der Waals surface area contributed by atoms with Crippen molar-refractivity contribution >= 4 is 5.91 Å². The topological polar surface area (TPSA) is 42.0 Å². The Morgan fingerprint density at radius 2 is 1.81 bits per heavy atom. The van der Waals surface area contributed by atoms with Crippen LogP contribution in [0.2, 0.25) is 0 Å². The number of aromatic nitrogens is 1. The summed E-state index contributed by atoms with van der Waals surface area (Å²) in [4.78, 5) is 16.6. The average molecular weight is 348 g/mol. The van der Waals surface area contributed by atoms with Crippen LogP contribution in [0.25, 0.3) is 0 Å². The highest BCUT2D eigenvalue weighted by Gasteiger charge is 2.21. The van der Waals surface area contributed by atoms with Gasteiger partial charge in [0.1, 0.15) is 5.82 Å². The van der Waals surface area contributed by atoms with Crippen molar-refractivity contribution in [3.05, 3.63) is 101 Å². The monoisotopic (exact) mass is 348 g/mol. The van der Waals surface area contributed by atoms with Gasteiger partial charge in [-0.3, -0.25) is 9.78 Å². The highest BCUT2D eigenvalue weighted by molar-refractivity contribution is 5.77. The van der Waals surface area contributed by atoms with Crippen molar-refractivity contribution in [1.82, 2.24) is 10.3 Å². The second-order valence-electron chi connectivity index (χ2n) is 6.27. The molecule has 0 radical (unpaired) electrons. The lowest BCUT2D eigenvalue weighted by atomic mass is 9.88. The third-order valence-corrected chi connectivity index (χ3v) is 4.48. The fourth-order valence-electron chi connectivity index (χ4n) is 3.00. The predicted molar refractivity (Wildman–Crippen MR) is 100 cm³/mol. The van der Waals surface area contributed by atoms with Crippen LogP contribution in [0.4, 0.5) is 4.39 Å². The summed E-state index contributed by atoms with van der Waals surface area (Å²) >= 11 is 0. The van der Waals surface area contributed by atoms with Crippen LogP contribution >= 0.6 is 0 Å². The molecule has 1 amide bonds. The molecule has 1 heterocycles. The van der Waals surface area contributed by atoms with Gasteiger partial charge < -0.3 is 5.32 Å². The van der Waals surface area contributed by atoms with Gasteiger partial charge in [0.25, 0.3) is 0 Å². The lowest BCUT2D eigenvalue weighted by molar-refractivity contribution is -0.121. The average Bonchev–Trinajstić information content (AvgIpc) is 2.67. The molecule has 26 heavy (non-hydrogen) atoms. The van der Waals surface area contributed by atoms with Gasteiger partial charge in [-0.2, -0.15) is 0 Å². The molecule has 3 rings (SSSR count). The van der Waals surface area contributed by atoms with E-state index in [1.807, 2.05) is 43.3 Å². The number of nitrogens with one attached hydrogen (secondary N) is 1. The number of hydrogen-bond donors (Lipinski definition) is 1. The molecule has 4 heteroatoms. The van der Waals surface area contributed by atoms with E-state index in [1.54, 1.807) is 30.6 Å². The number of rotatable bonds is 6. The fraction of sp³-hybridized carbons (Fsp3) is 0.182. The summed E-state index contributed by atoms with van der Waals surface area (Å²) in [5.74, 6) is -0.728. The molecule has 0 spiro atoms. The number of nitrogens with zero attached hydrogens (tertiary/aromatic N) is 1. The SMILES string of the molecule is Cc1cnccc1CNC(=O)C[C@H](c1ccccc1)c1ccccc1F. The molecule has 0 fully saturated rings. The van der Waals surface area contributed by atoms with E-state index in [0.29, 0.717) is 12.1 Å². The van der Waals surface area contributed by atoms with Crippen LogP contribution < -0.4 is 5.32 Å². The molecular formula is C22H21FN2O. The first kappa shape index (κ1) is 17.8. The van der Waals surface area contributed by atoms with Crippen LogP contribution in [-0.2, 0) is 11.3 Å². The van der Waals surface area contributed by atoms with Gasteiger partial charge in [0.15, 0.2) is 0 Å². The van der Waals surface area contributed by atoms with Gasteiger partial charge in [0.2, 0.25) is 5.91 Å². The molecule has 0 bridgehead atoms. The molecule has 1 N–H and O–H groups in total. The number of hydrogen-bond acceptors (Lipinski definition) is 2. The van der Waals surface area contributed by atoms with Crippen molar-refractivity contribution in [3.8, 4) is 0 Å². The van der Waals surface area contributed by atoms with E-state index in [2.05, 4.69) is 10.3 Å². The van der Waals surface area contributed by atoms with Gasteiger partial charge in [-0.05, 0) is 41.3 Å². The Bertz CT molecular complexity index is 880. The molecule has 1 atom stereocenters. The summed E-state index contributed by atoms with van der Waals surface area (Å²) in [6, 6.07) is 18.1. The Morgan fingerprint density at radius 3 is 2.54 bits per heavy atom. The van der Waals surface area contributed by atoms with E-state index in [1.165, 1.54) is 6.07 Å². The minimum Gasteiger partial charge on any atom is -0.352 e. The van der Waals surface area contributed by atoms with Gasteiger partial charge in [-0.1, -0.05) is 48.5 Å². The number of pyridine rings is 1. The van der Waals surface area contributed by atoms with Gasteiger partial charge >= 0.3 is 0 Å². The van der Waals surface area contributed by atoms with E-state index in [-0.39, 0.29) is 24.1 Å². The molecule has 0 unspecified atom stereocenters. The maximum atomic E-state index is 14.3. The van der Waals surface area contributed by atoms with Crippen molar-refractivity contribution in [1.29, 1.82) is 0 Å². The second kappa shape index (κ2) is 8.39. The Balaban J connectivity index is 1.77. The summed E-state index contributed by atoms with van der Waals surface area (Å²) in [6.07, 6.45) is 3.67. The minimum atomic E-state index is -0.323. The number of aryl methyl sites for hydroxylation is 1. The largest absolute Gasteiger partial charge is 0.352 e. The number of carbonyl (C=O) groups excluding carboxylic acids is 1. The quantitative estimate of drug-likeness (QED) is 0.719. The summed E-state index contributed by atoms with van der Waals surface area (Å²) < 4.78 is 14.3. The molecular weight excluding hydrogens is 327 g/mol. The Labute approximate surface area is 152 Å². The van der Waals surface area contributed by atoms with Gasteiger partial charge in [0.05, 0.1) is 0 Å². The number of carbonyl (C=O) groups is 1. The van der Waals surface area contributed by atoms with E-state index in [9.17, 15) is 9.18 Å². The number of benzene rings is 2. The zero-order chi connectivity index (χ0) is 18.4. The van der Waals surface area contributed by atoms with Crippen LogP contribution in [0.3, 0.4) is 0 Å². The smallest absolute Gasteiger partial charge is 0.221 e. The van der Waals surface area contributed by atoms with Gasteiger partial charge in [-0.15, -0.1) is 0 Å². The summed E-state index contributed by atoms with van der Waals surface area (Å²) in [5, 5.41) is 2.94. The van der Waals surface area contributed by atoms with Crippen LogP contribution in [0, 0.1) is 12.7 Å². The molecule has 1 aromatic heterocycles. The highest BCUT2D eigenvalue weighted by Crippen LogP contribution is 2.29. The Kier molecular flexibility index (Phi) is 5.74. The summed E-state index contributed by atoms with van der Waals surface area (Å²) in [5.41, 5.74) is 3.51. The van der Waals surface area contributed by atoms with E-state index in [4.69, 9.17) is 0 Å². The lowest BCUT2D eigenvalue weighted by Gasteiger charge is -2.18. The van der Waals surface area contributed by atoms with Crippen molar-refractivity contribution in [2.24, 2.45) is 0 Å². The number of halogens is 1. The van der Waals surface area contributed by atoms with Gasteiger partial charge in [0, 0.05) is 31.3 Å². The number of amides is 1. The molecule has 2 aromatic carbocycles. The molecule has 0 saturated carbocycles. The third-order valence-electron chi connectivity index (χ3n) is 4.48. The van der Waals surface area contributed by atoms with E-state index < -0.39 is 0 Å². The molecule has 3 aromatic rings. The first-order valence-corrected chi connectivity index (χ1v) is 8.60. The molecule has 3 nitrogen and oxygen atoms in total. The van der Waals surface area contributed by atoms with Crippen LogP contribution in [-0.4, -0.2) is 10.9 Å². The van der Waals surface area contributed by atoms with Crippen LogP contribution in [0.1, 0.15) is 34.6 Å². The standard InChI is InChI=1S/C22H21FN2O/c1-16-14-24-12-11-18(16)15-25-22(26)13-20(17-7-3-2-4-8-17)19-9-5-6-10-21(19)23/h2-12,14,20H,13,15H2,1H3,(H,25,26)/t20-/m1/s1. The maximum absolute atomic E-state index is 14.3. The third kappa shape index (κ3) is 4.33. The Hall–Kier alpha value is -3.01. The van der Waals surface area contributed by atoms with Crippen LogP contribution in [0.15, 0.2) is 73.1 Å². The molecule has 0 saturated heterocycles. The molecule has 0 aliphatic rings. The Morgan fingerprint density at radius 1 is 1.08 bits per heavy atom. The molecule has 0 aliphatic carbocycles.